The molecule has 0 radical (unpaired) electrons. The molecule has 30 heavy (non-hydrogen) atoms. The average Bonchev–Trinajstić information content (AvgIpc) is 2.65. The Morgan fingerprint density at radius 2 is 1.50 bits per heavy atom. The molecule has 0 spiro atoms. The summed E-state index contributed by atoms with van der Waals surface area (Å²) in [7, 11) is 0. The fourth-order valence-electron chi connectivity index (χ4n) is 2.35. The highest BCUT2D eigenvalue weighted by Crippen LogP contribution is 2.07. The molecule has 0 saturated heterocycles. The fourth-order valence-corrected chi connectivity index (χ4v) is 2.83. The summed E-state index contributed by atoms with van der Waals surface area (Å²) in [6.45, 7) is 4.59. The SMILES string of the molecule is CSCCC(N)C(=O)NC(CCC(=O)O)C(=O)NC(C(=O)NC(C)C(=O)O)C(C)C. The molecule has 0 saturated carbocycles. The van der Waals surface area contributed by atoms with Crippen LogP contribution in [-0.4, -0.2) is 76.0 Å². The number of aliphatic carboxylic acids is 2. The predicted octanol–water partition coefficient (Wildman–Crippen LogP) is -0.853. The Morgan fingerprint density at radius 1 is 0.900 bits per heavy atom. The molecule has 0 heterocycles. The van der Waals surface area contributed by atoms with Crippen LogP contribution in [0.1, 0.15) is 40.0 Å². The minimum atomic E-state index is -1.23. The van der Waals surface area contributed by atoms with Crippen LogP contribution in [0.3, 0.4) is 0 Å². The monoisotopic (exact) mass is 448 g/mol. The Kier molecular flexibility index (Phi) is 12.7. The minimum absolute atomic E-state index is 0.194. The molecule has 7 N–H and O–H groups in total. The third-order valence-electron chi connectivity index (χ3n) is 4.23. The lowest BCUT2D eigenvalue weighted by Crippen LogP contribution is -2.58. The van der Waals surface area contributed by atoms with Gasteiger partial charge in [0.05, 0.1) is 6.04 Å². The van der Waals surface area contributed by atoms with Crippen molar-refractivity contribution in [2.75, 3.05) is 12.0 Å². The van der Waals surface area contributed by atoms with Gasteiger partial charge in [-0.25, -0.2) is 0 Å². The lowest BCUT2D eigenvalue weighted by molar-refractivity contribution is -0.142. The predicted molar refractivity (Wildman–Crippen MR) is 112 cm³/mol. The summed E-state index contributed by atoms with van der Waals surface area (Å²) in [5.41, 5.74) is 5.80. The van der Waals surface area contributed by atoms with Crippen molar-refractivity contribution in [3.05, 3.63) is 0 Å². The number of carboxylic acid groups (broad SMARTS) is 2. The topological polar surface area (TPSA) is 188 Å². The standard InChI is InChI=1S/C18H32N4O7S/c1-9(2)14(17(27)20-10(3)18(28)29)22-16(26)12(5-6-13(23)24)21-15(25)11(19)7-8-30-4/h9-12,14H,5-8,19H2,1-4H3,(H,20,27)(H,21,25)(H,22,26)(H,23,24)(H,28,29). The number of hydrogen-bond acceptors (Lipinski definition) is 7. The number of hydrogen-bond donors (Lipinski definition) is 6. The van der Waals surface area contributed by atoms with Crippen LogP contribution in [0, 0.1) is 5.92 Å². The Bertz CT molecular complexity index is 630. The molecule has 0 bridgehead atoms. The Balaban J connectivity index is 5.29. The van der Waals surface area contributed by atoms with E-state index in [4.69, 9.17) is 15.9 Å². The Hall–Kier alpha value is -2.34. The molecule has 172 valence electrons. The molecule has 0 aliphatic heterocycles. The van der Waals surface area contributed by atoms with Gasteiger partial charge in [0.1, 0.15) is 18.1 Å². The van der Waals surface area contributed by atoms with Gasteiger partial charge in [-0.05, 0) is 37.7 Å². The van der Waals surface area contributed by atoms with Crippen molar-refractivity contribution in [3.63, 3.8) is 0 Å². The van der Waals surface area contributed by atoms with Crippen molar-refractivity contribution in [2.45, 2.75) is 64.2 Å². The smallest absolute Gasteiger partial charge is 0.325 e. The van der Waals surface area contributed by atoms with Crippen molar-refractivity contribution in [1.29, 1.82) is 0 Å². The zero-order valence-electron chi connectivity index (χ0n) is 17.6. The molecule has 0 fully saturated rings. The van der Waals surface area contributed by atoms with E-state index in [1.165, 1.54) is 18.7 Å². The van der Waals surface area contributed by atoms with E-state index in [1.807, 2.05) is 6.26 Å². The van der Waals surface area contributed by atoms with Crippen LogP contribution in [0.4, 0.5) is 0 Å². The van der Waals surface area contributed by atoms with Crippen LogP contribution in [0.15, 0.2) is 0 Å². The first kappa shape index (κ1) is 27.7. The van der Waals surface area contributed by atoms with Gasteiger partial charge in [-0.2, -0.15) is 11.8 Å². The van der Waals surface area contributed by atoms with E-state index in [0.717, 1.165) is 0 Å². The maximum atomic E-state index is 12.7. The quantitative estimate of drug-likeness (QED) is 0.197. The van der Waals surface area contributed by atoms with Gasteiger partial charge in [0.2, 0.25) is 17.7 Å². The van der Waals surface area contributed by atoms with Crippen molar-refractivity contribution in [3.8, 4) is 0 Å². The van der Waals surface area contributed by atoms with E-state index >= 15 is 0 Å². The highest BCUT2D eigenvalue weighted by atomic mass is 32.2. The Morgan fingerprint density at radius 3 is 1.97 bits per heavy atom. The number of amides is 3. The molecule has 0 aromatic carbocycles. The number of nitrogens with two attached hydrogens (primary N) is 1. The normalized spacial score (nSPS) is 14.9. The van der Waals surface area contributed by atoms with Gasteiger partial charge in [0.25, 0.3) is 0 Å². The third kappa shape index (κ3) is 10.4. The number of nitrogens with one attached hydrogen (secondary N) is 3. The molecule has 0 aliphatic carbocycles. The summed E-state index contributed by atoms with van der Waals surface area (Å²) in [4.78, 5) is 59.2. The first-order valence-electron chi connectivity index (χ1n) is 9.50. The lowest BCUT2D eigenvalue weighted by Gasteiger charge is -2.26. The van der Waals surface area contributed by atoms with Crippen LogP contribution in [-0.2, 0) is 24.0 Å². The summed E-state index contributed by atoms with van der Waals surface area (Å²) in [6, 6.07) is -4.31. The molecule has 0 aromatic rings. The van der Waals surface area contributed by atoms with Crippen LogP contribution < -0.4 is 21.7 Å². The van der Waals surface area contributed by atoms with Gasteiger partial charge >= 0.3 is 11.9 Å². The Labute approximate surface area is 179 Å². The summed E-state index contributed by atoms with van der Waals surface area (Å²) in [5.74, 6) is -4.19. The second-order valence-electron chi connectivity index (χ2n) is 7.18. The maximum Gasteiger partial charge on any atom is 0.325 e. The summed E-state index contributed by atoms with van der Waals surface area (Å²) < 4.78 is 0. The van der Waals surface area contributed by atoms with Crippen molar-refractivity contribution in [1.82, 2.24) is 16.0 Å². The average molecular weight is 449 g/mol. The summed E-state index contributed by atoms with van der Waals surface area (Å²) >= 11 is 1.51. The van der Waals surface area contributed by atoms with Crippen LogP contribution in [0.2, 0.25) is 0 Å². The molecule has 4 atom stereocenters. The molecule has 0 aromatic heterocycles. The molecule has 3 amide bonds. The summed E-state index contributed by atoms with van der Waals surface area (Å²) in [5, 5.41) is 25.1. The van der Waals surface area contributed by atoms with Crippen molar-refractivity contribution < 1.29 is 34.2 Å². The van der Waals surface area contributed by atoms with Gasteiger partial charge < -0.3 is 31.9 Å². The molecule has 4 unspecified atom stereocenters. The highest BCUT2D eigenvalue weighted by molar-refractivity contribution is 7.98. The number of rotatable bonds is 14. The number of carboxylic acids is 2. The van der Waals surface area contributed by atoms with Crippen LogP contribution in [0.5, 0.6) is 0 Å². The highest BCUT2D eigenvalue weighted by Gasteiger charge is 2.31. The zero-order valence-corrected chi connectivity index (χ0v) is 18.5. The number of carbonyl (C=O) groups excluding carboxylic acids is 3. The second-order valence-corrected chi connectivity index (χ2v) is 8.17. The second kappa shape index (κ2) is 13.8. The molecule has 0 rings (SSSR count). The van der Waals surface area contributed by atoms with Gasteiger partial charge in [-0.1, -0.05) is 13.8 Å². The zero-order chi connectivity index (χ0) is 23.4. The maximum absolute atomic E-state index is 12.7. The van der Waals surface area contributed by atoms with Gasteiger partial charge in [0.15, 0.2) is 0 Å². The van der Waals surface area contributed by atoms with E-state index in [9.17, 15) is 24.0 Å². The van der Waals surface area contributed by atoms with Gasteiger partial charge in [-0.15, -0.1) is 0 Å². The lowest BCUT2D eigenvalue weighted by atomic mass is 10.0. The fraction of sp³-hybridized carbons (Fsp3) is 0.722. The first-order valence-corrected chi connectivity index (χ1v) is 10.9. The first-order chi connectivity index (χ1) is 13.9. The van der Waals surface area contributed by atoms with Crippen molar-refractivity contribution in [2.24, 2.45) is 11.7 Å². The minimum Gasteiger partial charge on any atom is -0.481 e. The molecule has 0 aliphatic rings. The van der Waals surface area contributed by atoms with E-state index in [-0.39, 0.29) is 12.8 Å². The largest absolute Gasteiger partial charge is 0.481 e. The number of carbonyl (C=O) groups is 5. The van der Waals surface area contributed by atoms with E-state index in [1.54, 1.807) is 13.8 Å². The van der Waals surface area contributed by atoms with Crippen LogP contribution >= 0.6 is 11.8 Å². The third-order valence-corrected chi connectivity index (χ3v) is 4.87. The van der Waals surface area contributed by atoms with Crippen LogP contribution in [0.25, 0.3) is 0 Å². The molecular weight excluding hydrogens is 416 g/mol. The van der Waals surface area contributed by atoms with E-state index < -0.39 is 59.7 Å². The van der Waals surface area contributed by atoms with Gasteiger partial charge in [-0.3, -0.25) is 24.0 Å². The molecular formula is C18H32N4O7S. The molecule has 12 heteroatoms. The van der Waals surface area contributed by atoms with E-state index in [0.29, 0.717) is 12.2 Å². The number of thioether (sulfide) groups is 1. The summed E-state index contributed by atoms with van der Waals surface area (Å²) in [6.07, 6.45) is 1.66. The van der Waals surface area contributed by atoms with Crippen molar-refractivity contribution >= 4 is 41.4 Å². The van der Waals surface area contributed by atoms with E-state index in [2.05, 4.69) is 16.0 Å². The van der Waals surface area contributed by atoms with Gasteiger partial charge in [0, 0.05) is 6.42 Å². The molecule has 11 nitrogen and oxygen atoms in total.